The van der Waals surface area contributed by atoms with Crippen LogP contribution in [0, 0.1) is 0 Å². The molecule has 0 amide bonds. The topological polar surface area (TPSA) is 38.2 Å². The molecule has 0 saturated carbocycles. The maximum absolute atomic E-state index is 5.67. The first-order valence-corrected chi connectivity index (χ1v) is 6.04. The maximum atomic E-state index is 5.67. The average Bonchev–Trinajstić information content (AvgIpc) is 2.65. The van der Waals surface area contributed by atoms with Crippen molar-refractivity contribution in [1.82, 2.24) is 14.5 Å². The number of morpholine rings is 1. The standard InChI is InChI=1S/C10H17N3OS/c1-8-4-13(10(2,3)7-14-8)5-9-6-15-12-11-9/h6,8H,4-5,7H2,1-3H3/t8-/m0/s1. The van der Waals surface area contributed by atoms with E-state index in [1.54, 1.807) is 0 Å². The van der Waals surface area contributed by atoms with Crippen LogP contribution in [-0.2, 0) is 11.3 Å². The van der Waals surface area contributed by atoms with Gasteiger partial charge < -0.3 is 4.74 Å². The molecular formula is C10H17N3OS. The van der Waals surface area contributed by atoms with Gasteiger partial charge in [-0.15, -0.1) is 5.10 Å². The van der Waals surface area contributed by atoms with Crippen LogP contribution in [0.1, 0.15) is 26.5 Å². The summed E-state index contributed by atoms with van der Waals surface area (Å²) in [7, 11) is 0. The van der Waals surface area contributed by atoms with E-state index in [2.05, 4.69) is 35.3 Å². The summed E-state index contributed by atoms with van der Waals surface area (Å²) < 4.78 is 9.56. The number of ether oxygens (including phenoxy) is 1. The van der Waals surface area contributed by atoms with E-state index < -0.39 is 0 Å². The fourth-order valence-corrected chi connectivity index (χ4v) is 2.22. The zero-order valence-corrected chi connectivity index (χ0v) is 10.3. The third kappa shape index (κ3) is 2.53. The van der Waals surface area contributed by atoms with Gasteiger partial charge in [0, 0.05) is 24.0 Å². The van der Waals surface area contributed by atoms with Crippen molar-refractivity contribution in [2.45, 2.75) is 39.0 Å². The Hall–Kier alpha value is -0.520. The molecular weight excluding hydrogens is 210 g/mol. The smallest absolute Gasteiger partial charge is 0.0895 e. The SMILES string of the molecule is C[C@H]1CN(Cc2csnn2)C(C)(C)CO1. The molecule has 2 heterocycles. The number of rotatable bonds is 2. The Morgan fingerprint density at radius 1 is 1.67 bits per heavy atom. The molecule has 15 heavy (non-hydrogen) atoms. The van der Waals surface area contributed by atoms with E-state index in [1.165, 1.54) is 11.5 Å². The molecule has 0 bridgehead atoms. The highest BCUT2D eigenvalue weighted by atomic mass is 32.1. The zero-order valence-electron chi connectivity index (χ0n) is 9.43. The molecule has 0 N–H and O–H groups in total. The highest BCUT2D eigenvalue weighted by Gasteiger charge is 2.33. The lowest BCUT2D eigenvalue weighted by Crippen LogP contribution is -2.54. The lowest BCUT2D eigenvalue weighted by molar-refractivity contribution is -0.0953. The molecule has 1 aliphatic rings. The quantitative estimate of drug-likeness (QED) is 0.768. The Labute approximate surface area is 94.4 Å². The van der Waals surface area contributed by atoms with Crippen LogP contribution in [0.5, 0.6) is 0 Å². The maximum Gasteiger partial charge on any atom is 0.0895 e. The van der Waals surface area contributed by atoms with Gasteiger partial charge in [0.05, 0.1) is 18.4 Å². The molecule has 84 valence electrons. The summed E-state index contributed by atoms with van der Waals surface area (Å²) in [5, 5.41) is 6.10. The van der Waals surface area contributed by atoms with Crippen molar-refractivity contribution in [1.29, 1.82) is 0 Å². The monoisotopic (exact) mass is 227 g/mol. The molecule has 0 unspecified atom stereocenters. The molecule has 1 fully saturated rings. The van der Waals surface area contributed by atoms with Crippen LogP contribution in [0.3, 0.4) is 0 Å². The van der Waals surface area contributed by atoms with E-state index in [1.807, 2.05) is 5.38 Å². The fourth-order valence-electron chi connectivity index (χ4n) is 1.77. The van der Waals surface area contributed by atoms with E-state index in [0.29, 0.717) is 6.10 Å². The van der Waals surface area contributed by atoms with Crippen LogP contribution in [0.4, 0.5) is 0 Å². The van der Waals surface area contributed by atoms with Gasteiger partial charge in [0.15, 0.2) is 0 Å². The molecule has 1 aromatic rings. The van der Waals surface area contributed by atoms with Crippen LogP contribution in [0.15, 0.2) is 5.38 Å². The van der Waals surface area contributed by atoms with E-state index in [0.717, 1.165) is 25.4 Å². The normalized spacial score (nSPS) is 26.7. The van der Waals surface area contributed by atoms with Crippen molar-refractivity contribution in [2.24, 2.45) is 0 Å². The van der Waals surface area contributed by atoms with Gasteiger partial charge in [0.1, 0.15) is 0 Å². The molecule has 1 aromatic heterocycles. The molecule has 1 aliphatic heterocycles. The van der Waals surface area contributed by atoms with Crippen molar-refractivity contribution in [3.63, 3.8) is 0 Å². The molecule has 5 heteroatoms. The molecule has 4 nitrogen and oxygen atoms in total. The summed E-state index contributed by atoms with van der Waals surface area (Å²) in [6.07, 6.45) is 0.310. The minimum atomic E-state index is 0.0934. The largest absolute Gasteiger partial charge is 0.375 e. The summed E-state index contributed by atoms with van der Waals surface area (Å²) in [5.41, 5.74) is 1.15. The highest BCUT2D eigenvalue weighted by Crippen LogP contribution is 2.23. The van der Waals surface area contributed by atoms with Crippen LogP contribution in [0.25, 0.3) is 0 Å². The Bertz CT molecular complexity index is 312. The molecule has 0 aromatic carbocycles. The number of hydrogen-bond donors (Lipinski definition) is 0. The number of hydrogen-bond acceptors (Lipinski definition) is 5. The van der Waals surface area contributed by atoms with Crippen LogP contribution < -0.4 is 0 Å². The number of nitrogens with zero attached hydrogens (tertiary/aromatic N) is 3. The first-order chi connectivity index (χ1) is 7.08. The Balaban J connectivity index is 2.05. The van der Waals surface area contributed by atoms with Gasteiger partial charge in [0.2, 0.25) is 0 Å². The van der Waals surface area contributed by atoms with E-state index in [4.69, 9.17) is 4.74 Å². The van der Waals surface area contributed by atoms with Gasteiger partial charge >= 0.3 is 0 Å². The summed E-state index contributed by atoms with van der Waals surface area (Å²) in [6.45, 7) is 9.15. The predicted octanol–water partition coefficient (Wildman–Crippen LogP) is 1.54. The van der Waals surface area contributed by atoms with Crippen molar-refractivity contribution < 1.29 is 4.74 Å². The third-order valence-corrected chi connectivity index (χ3v) is 3.37. The highest BCUT2D eigenvalue weighted by molar-refractivity contribution is 7.03. The zero-order chi connectivity index (χ0) is 10.9. The average molecular weight is 227 g/mol. The summed E-state index contributed by atoms with van der Waals surface area (Å²) >= 11 is 1.41. The molecule has 2 rings (SSSR count). The summed E-state index contributed by atoms with van der Waals surface area (Å²) in [4.78, 5) is 2.41. The molecule has 0 spiro atoms. The Morgan fingerprint density at radius 3 is 3.13 bits per heavy atom. The molecule has 1 atom stereocenters. The van der Waals surface area contributed by atoms with Crippen molar-refractivity contribution >= 4 is 11.5 Å². The van der Waals surface area contributed by atoms with Gasteiger partial charge in [-0.1, -0.05) is 4.49 Å². The van der Waals surface area contributed by atoms with Gasteiger partial charge in [-0.2, -0.15) is 0 Å². The second kappa shape index (κ2) is 4.15. The fraction of sp³-hybridized carbons (Fsp3) is 0.800. The van der Waals surface area contributed by atoms with Gasteiger partial charge in [-0.25, -0.2) is 0 Å². The lowest BCUT2D eigenvalue weighted by atomic mass is 10.0. The second-order valence-corrected chi connectivity index (χ2v) is 5.32. The van der Waals surface area contributed by atoms with E-state index >= 15 is 0 Å². The minimum Gasteiger partial charge on any atom is -0.375 e. The van der Waals surface area contributed by atoms with Gasteiger partial charge in [0.25, 0.3) is 0 Å². The summed E-state index contributed by atoms with van der Waals surface area (Å²) in [5.74, 6) is 0. The van der Waals surface area contributed by atoms with Gasteiger partial charge in [-0.3, -0.25) is 4.90 Å². The number of aromatic nitrogens is 2. The molecule has 1 saturated heterocycles. The molecule has 0 aliphatic carbocycles. The van der Waals surface area contributed by atoms with Crippen LogP contribution in [-0.4, -0.2) is 39.3 Å². The Morgan fingerprint density at radius 2 is 2.47 bits per heavy atom. The summed E-state index contributed by atoms with van der Waals surface area (Å²) in [6, 6.07) is 0. The predicted molar refractivity (Wildman–Crippen MR) is 59.8 cm³/mol. The second-order valence-electron chi connectivity index (χ2n) is 4.71. The lowest BCUT2D eigenvalue weighted by Gasteiger charge is -2.44. The van der Waals surface area contributed by atoms with Crippen molar-refractivity contribution in [3.05, 3.63) is 11.1 Å². The third-order valence-electron chi connectivity index (χ3n) is 2.81. The van der Waals surface area contributed by atoms with Crippen LogP contribution in [0.2, 0.25) is 0 Å². The molecule has 0 radical (unpaired) electrons. The van der Waals surface area contributed by atoms with Gasteiger partial charge in [-0.05, 0) is 32.3 Å². The van der Waals surface area contributed by atoms with Crippen molar-refractivity contribution in [2.75, 3.05) is 13.2 Å². The van der Waals surface area contributed by atoms with Crippen LogP contribution >= 0.6 is 11.5 Å². The Kier molecular flexibility index (Phi) is 3.04. The van der Waals surface area contributed by atoms with E-state index in [-0.39, 0.29) is 5.54 Å². The first kappa shape index (κ1) is 11.0. The van der Waals surface area contributed by atoms with Crippen molar-refractivity contribution in [3.8, 4) is 0 Å². The first-order valence-electron chi connectivity index (χ1n) is 5.20. The van der Waals surface area contributed by atoms with E-state index in [9.17, 15) is 0 Å². The minimum absolute atomic E-state index is 0.0934.